The summed E-state index contributed by atoms with van der Waals surface area (Å²) in [5.74, 6) is -0.199. The average Bonchev–Trinajstić information content (AvgIpc) is 2.89. The molecule has 0 saturated carbocycles. The number of benzene rings is 1. The van der Waals surface area contributed by atoms with Crippen LogP contribution in [0, 0.1) is 12.8 Å². The van der Waals surface area contributed by atoms with Gasteiger partial charge in [-0.3, -0.25) is 4.79 Å². The quantitative estimate of drug-likeness (QED) is 0.769. The number of carbonyl (C=O) groups is 1. The van der Waals surface area contributed by atoms with Gasteiger partial charge in [-0.1, -0.05) is 35.0 Å². The minimum atomic E-state index is -0.179. The number of aromatic nitrogens is 1. The number of carbonyl (C=O) groups excluding carboxylic acids is 1. The number of nitrogens with zero attached hydrogens (tertiary/aromatic N) is 1. The number of amides is 1. The first-order valence-corrected chi connectivity index (χ1v) is 8.77. The summed E-state index contributed by atoms with van der Waals surface area (Å²) < 4.78 is 1.04. The number of aryl methyl sites for hydroxylation is 1. The normalized spacial score (nSPS) is 13.1. The van der Waals surface area contributed by atoms with Crippen LogP contribution < -0.4 is 11.1 Å². The molecule has 7 heteroatoms. The van der Waals surface area contributed by atoms with Crippen LogP contribution in [0.25, 0.3) is 10.6 Å². The zero-order valence-corrected chi connectivity index (χ0v) is 16.5. The highest BCUT2D eigenvalue weighted by Crippen LogP contribution is 2.32. The highest BCUT2D eigenvalue weighted by Gasteiger charge is 2.19. The third kappa shape index (κ3) is 5.01. The standard InChI is InChI=1S/C16H20BrN3OS.ClH/c1-9(8-18)15(21)19-10(2)14-11(3)20-16(22-14)12-4-6-13(17)7-5-12;/h4-7,9-10H,8,18H2,1-3H3,(H,19,21);1H. The SMILES string of the molecule is Cc1nc(-c2ccc(Br)cc2)sc1C(C)NC(=O)C(C)CN.Cl. The lowest BCUT2D eigenvalue weighted by Gasteiger charge is -2.15. The number of halogens is 2. The first-order valence-electron chi connectivity index (χ1n) is 7.16. The van der Waals surface area contributed by atoms with Gasteiger partial charge in [0.25, 0.3) is 0 Å². The summed E-state index contributed by atoms with van der Waals surface area (Å²) in [6, 6.07) is 8.00. The van der Waals surface area contributed by atoms with Crippen molar-refractivity contribution in [3.05, 3.63) is 39.3 Å². The monoisotopic (exact) mass is 417 g/mol. The van der Waals surface area contributed by atoms with Crippen molar-refractivity contribution in [2.24, 2.45) is 11.7 Å². The van der Waals surface area contributed by atoms with Crippen molar-refractivity contribution in [3.63, 3.8) is 0 Å². The molecule has 2 atom stereocenters. The van der Waals surface area contributed by atoms with Crippen LogP contribution in [0.4, 0.5) is 0 Å². The number of nitrogens with one attached hydrogen (secondary N) is 1. The molecule has 1 heterocycles. The summed E-state index contributed by atoms with van der Waals surface area (Å²) >= 11 is 5.05. The molecule has 23 heavy (non-hydrogen) atoms. The first-order chi connectivity index (χ1) is 10.4. The Kier molecular flexibility index (Phi) is 7.67. The maximum absolute atomic E-state index is 12.0. The lowest BCUT2D eigenvalue weighted by molar-refractivity contribution is -0.124. The van der Waals surface area contributed by atoms with E-state index in [2.05, 4.69) is 26.2 Å². The second kappa shape index (κ2) is 8.78. The van der Waals surface area contributed by atoms with Gasteiger partial charge in [0.05, 0.1) is 16.6 Å². The Labute approximate surface area is 155 Å². The third-order valence-electron chi connectivity index (χ3n) is 3.48. The summed E-state index contributed by atoms with van der Waals surface area (Å²) in [6.07, 6.45) is 0. The molecule has 0 aliphatic carbocycles. The molecule has 0 aliphatic heterocycles. The van der Waals surface area contributed by atoms with Crippen LogP contribution in [-0.2, 0) is 4.79 Å². The molecular formula is C16H21BrClN3OS. The van der Waals surface area contributed by atoms with Crippen LogP contribution in [-0.4, -0.2) is 17.4 Å². The Morgan fingerprint density at radius 1 is 1.35 bits per heavy atom. The zero-order valence-electron chi connectivity index (χ0n) is 13.3. The van der Waals surface area contributed by atoms with Gasteiger partial charge in [0.1, 0.15) is 5.01 Å². The molecule has 1 aromatic heterocycles. The minimum absolute atomic E-state index is 0. The van der Waals surface area contributed by atoms with Gasteiger partial charge in [-0.25, -0.2) is 4.98 Å². The molecule has 0 spiro atoms. The molecule has 4 nitrogen and oxygen atoms in total. The number of hydrogen-bond donors (Lipinski definition) is 2. The summed E-state index contributed by atoms with van der Waals surface area (Å²) in [5.41, 5.74) is 7.57. The Balaban J connectivity index is 0.00000264. The van der Waals surface area contributed by atoms with Crippen molar-refractivity contribution in [2.75, 3.05) is 6.54 Å². The fourth-order valence-corrected chi connectivity index (χ4v) is 3.39. The number of rotatable bonds is 5. The second-order valence-corrected chi connectivity index (χ2v) is 7.29. The summed E-state index contributed by atoms with van der Waals surface area (Å²) in [5, 5.41) is 3.97. The maximum atomic E-state index is 12.0. The van der Waals surface area contributed by atoms with E-state index < -0.39 is 0 Å². The Bertz CT molecular complexity index is 660. The summed E-state index contributed by atoms with van der Waals surface area (Å²) in [6.45, 7) is 6.13. The van der Waals surface area contributed by atoms with Crippen LogP contribution in [0.2, 0.25) is 0 Å². The maximum Gasteiger partial charge on any atom is 0.224 e. The lowest BCUT2D eigenvalue weighted by atomic mass is 10.1. The molecule has 0 bridgehead atoms. The average molecular weight is 419 g/mol. The van der Waals surface area contributed by atoms with Gasteiger partial charge in [-0.2, -0.15) is 0 Å². The molecule has 2 unspecified atom stereocenters. The fourth-order valence-electron chi connectivity index (χ4n) is 2.05. The molecular weight excluding hydrogens is 398 g/mol. The van der Waals surface area contributed by atoms with Crippen LogP contribution >= 0.6 is 39.7 Å². The van der Waals surface area contributed by atoms with E-state index in [-0.39, 0.29) is 30.3 Å². The Morgan fingerprint density at radius 3 is 2.52 bits per heavy atom. The number of nitrogens with two attached hydrogens (primary N) is 1. The fraction of sp³-hybridized carbons (Fsp3) is 0.375. The van der Waals surface area contributed by atoms with Crippen molar-refractivity contribution < 1.29 is 4.79 Å². The third-order valence-corrected chi connectivity index (χ3v) is 5.39. The van der Waals surface area contributed by atoms with Crippen LogP contribution in [0.3, 0.4) is 0 Å². The van der Waals surface area contributed by atoms with Crippen LogP contribution in [0.1, 0.15) is 30.5 Å². The van der Waals surface area contributed by atoms with E-state index in [1.807, 2.05) is 45.0 Å². The Morgan fingerprint density at radius 2 is 1.96 bits per heavy atom. The van der Waals surface area contributed by atoms with Crippen molar-refractivity contribution >= 4 is 45.6 Å². The van der Waals surface area contributed by atoms with Gasteiger partial charge in [-0.05, 0) is 26.0 Å². The van der Waals surface area contributed by atoms with E-state index in [0.29, 0.717) is 6.54 Å². The molecule has 3 N–H and O–H groups in total. The molecule has 1 aromatic carbocycles. The van der Waals surface area contributed by atoms with Crippen LogP contribution in [0.5, 0.6) is 0 Å². The number of thiazole rings is 1. The van der Waals surface area contributed by atoms with Gasteiger partial charge in [0, 0.05) is 22.5 Å². The predicted octanol–water partition coefficient (Wildman–Crippen LogP) is 4.07. The van der Waals surface area contributed by atoms with E-state index in [9.17, 15) is 4.79 Å². The highest BCUT2D eigenvalue weighted by atomic mass is 79.9. The van der Waals surface area contributed by atoms with Gasteiger partial charge in [0.2, 0.25) is 5.91 Å². The van der Waals surface area contributed by atoms with E-state index in [1.165, 1.54) is 0 Å². The smallest absolute Gasteiger partial charge is 0.224 e. The van der Waals surface area contributed by atoms with E-state index in [1.54, 1.807) is 11.3 Å². The summed E-state index contributed by atoms with van der Waals surface area (Å²) in [7, 11) is 0. The molecule has 126 valence electrons. The zero-order chi connectivity index (χ0) is 16.3. The lowest BCUT2D eigenvalue weighted by Crippen LogP contribution is -2.34. The molecule has 2 rings (SSSR count). The van der Waals surface area contributed by atoms with Crippen molar-refractivity contribution in [2.45, 2.75) is 26.8 Å². The van der Waals surface area contributed by atoms with Gasteiger partial charge < -0.3 is 11.1 Å². The van der Waals surface area contributed by atoms with E-state index in [0.717, 1.165) is 25.6 Å². The molecule has 0 aliphatic rings. The van der Waals surface area contributed by atoms with Gasteiger partial charge >= 0.3 is 0 Å². The molecule has 0 radical (unpaired) electrons. The topological polar surface area (TPSA) is 68.0 Å². The van der Waals surface area contributed by atoms with Crippen molar-refractivity contribution in [3.8, 4) is 10.6 Å². The van der Waals surface area contributed by atoms with E-state index >= 15 is 0 Å². The summed E-state index contributed by atoms with van der Waals surface area (Å²) in [4.78, 5) is 17.7. The van der Waals surface area contributed by atoms with Gasteiger partial charge in [0.15, 0.2) is 0 Å². The second-order valence-electron chi connectivity index (χ2n) is 5.34. The minimum Gasteiger partial charge on any atom is -0.348 e. The van der Waals surface area contributed by atoms with Crippen LogP contribution in [0.15, 0.2) is 28.7 Å². The molecule has 1 amide bonds. The largest absolute Gasteiger partial charge is 0.348 e. The highest BCUT2D eigenvalue weighted by molar-refractivity contribution is 9.10. The molecule has 2 aromatic rings. The predicted molar refractivity (Wildman–Crippen MR) is 102 cm³/mol. The van der Waals surface area contributed by atoms with Crippen molar-refractivity contribution in [1.29, 1.82) is 0 Å². The first kappa shape index (κ1) is 20.1. The molecule has 0 fully saturated rings. The molecule has 0 saturated heterocycles. The number of hydrogen-bond acceptors (Lipinski definition) is 4. The van der Waals surface area contributed by atoms with E-state index in [4.69, 9.17) is 5.73 Å². The Hall–Kier alpha value is -0.950. The van der Waals surface area contributed by atoms with Crippen molar-refractivity contribution in [1.82, 2.24) is 10.3 Å². The van der Waals surface area contributed by atoms with Gasteiger partial charge in [-0.15, -0.1) is 23.7 Å².